The number of hydrogen-bond acceptors (Lipinski definition) is 5. The van der Waals surface area contributed by atoms with Crippen LogP contribution in [0.15, 0.2) is 30.7 Å². The van der Waals surface area contributed by atoms with Crippen molar-refractivity contribution < 1.29 is 0 Å². The summed E-state index contributed by atoms with van der Waals surface area (Å²) in [6.45, 7) is 2.03. The van der Waals surface area contributed by atoms with E-state index >= 15 is 0 Å². The van der Waals surface area contributed by atoms with Gasteiger partial charge in [-0.25, -0.2) is 9.97 Å². The minimum Gasteiger partial charge on any atom is -0.355 e. The molecule has 0 bridgehead atoms. The number of nitrogens with zero attached hydrogens (tertiary/aromatic N) is 3. The van der Waals surface area contributed by atoms with Crippen LogP contribution in [0.4, 0.5) is 17.5 Å². The Bertz CT molecular complexity index is 524. The molecule has 0 amide bonds. The third-order valence-corrected chi connectivity index (χ3v) is 3.43. The summed E-state index contributed by atoms with van der Waals surface area (Å²) < 4.78 is 0. The molecule has 1 atom stereocenters. The molecule has 1 fully saturated rings. The van der Waals surface area contributed by atoms with Gasteiger partial charge in [-0.1, -0.05) is 0 Å². The van der Waals surface area contributed by atoms with Crippen molar-refractivity contribution in [3.05, 3.63) is 30.7 Å². The second kappa shape index (κ2) is 5.27. The van der Waals surface area contributed by atoms with Gasteiger partial charge in [-0.15, -0.1) is 0 Å². The molecule has 0 radical (unpaired) electrons. The molecule has 1 aliphatic heterocycles. The number of hydrogen-bond donors (Lipinski definition) is 3. The van der Waals surface area contributed by atoms with Crippen molar-refractivity contribution in [2.45, 2.75) is 12.5 Å². The molecule has 2 aromatic heterocycles. The van der Waals surface area contributed by atoms with Crippen molar-refractivity contribution in [2.75, 3.05) is 30.4 Å². The molecular weight excluding hydrogens is 240 g/mol. The van der Waals surface area contributed by atoms with E-state index in [1.807, 2.05) is 31.4 Å². The van der Waals surface area contributed by atoms with Crippen molar-refractivity contribution in [2.24, 2.45) is 0 Å². The smallest absolute Gasteiger partial charge is 0.136 e. The normalized spacial score (nSPS) is 18.8. The fraction of sp³-hybridized carbons (Fsp3) is 0.385. The average Bonchev–Trinajstić information content (AvgIpc) is 3.09. The van der Waals surface area contributed by atoms with E-state index in [-0.39, 0.29) is 0 Å². The quantitative estimate of drug-likeness (QED) is 0.772. The Balaban J connectivity index is 1.73. The van der Waals surface area contributed by atoms with Crippen LogP contribution >= 0.6 is 0 Å². The van der Waals surface area contributed by atoms with Gasteiger partial charge in [-0.05, 0) is 25.6 Å². The van der Waals surface area contributed by atoms with Crippen LogP contribution in [0.3, 0.4) is 0 Å². The minimum absolute atomic E-state index is 0.551. The zero-order valence-electron chi connectivity index (χ0n) is 10.9. The Morgan fingerprint density at radius 2 is 2.37 bits per heavy atom. The molecule has 3 N–H and O–H groups in total. The van der Waals surface area contributed by atoms with Gasteiger partial charge in [-0.2, -0.15) is 0 Å². The first-order chi connectivity index (χ1) is 9.35. The van der Waals surface area contributed by atoms with E-state index in [1.165, 1.54) is 0 Å². The molecule has 0 saturated carbocycles. The standard InChI is InChI=1S/C13H18N6/c1-14-10-4-6-19(8-10)13-7-12(16-9-17-13)18-11-3-2-5-15-11/h2-3,5,7,9-10,14-15H,4,6,8H2,1H3,(H,16,17,18). The highest BCUT2D eigenvalue weighted by Crippen LogP contribution is 2.21. The van der Waals surface area contributed by atoms with Crippen LogP contribution in [0.2, 0.25) is 0 Å². The molecule has 0 aliphatic carbocycles. The maximum Gasteiger partial charge on any atom is 0.136 e. The van der Waals surface area contributed by atoms with Crippen LogP contribution in [-0.2, 0) is 0 Å². The summed E-state index contributed by atoms with van der Waals surface area (Å²) in [5.41, 5.74) is 0. The second-order valence-corrected chi connectivity index (χ2v) is 4.69. The van der Waals surface area contributed by atoms with E-state index < -0.39 is 0 Å². The Morgan fingerprint density at radius 1 is 1.42 bits per heavy atom. The molecule has 1 unspecified atom stereocenters. The summed E-state index contributed by atoms with van der Waals surface area (Å²) in [4.78, 5) is 14.0. The largest absolute Gasteiger partial charge is 0.355 e. The van der Waals surface area contributed by atoms with E-state index in [1.54, 1.807) is 6.33 Å². The predicted octanol–water partition coefficient (Wildman–Crippen LogP) is 1.35. The van der Waals surface area contributed by atoms with Gasteiger partial charge in [0.25, 0.3) is 0 Å². The molecule has 2 aromatic rings. The number of nitrogens with one attached hydrogen (secondary N) is 3. The number of likely N-dealkylation sites (N-methyl/N-ethyl adjacent to an activating group) is 1. The summed E-state index contributed by atoms with van der Waals surface area (Å²) in [6.07, 6.45) is 4.63. The molecule has 3 rings (SSSR count). The number of aromatic amines is 1. The van der Waals surface area contributed by atoms with E-state index in [0.717, 1.165) is 37.0 Å². The number of H-pyrrole nitrogens is 1. The van der Waals surface area contributed by atoms with Crippen molar-refractivity contribution in [1.29, 1.82) is 0 Å². The molecule has 1 saturated heterocycles. The van der Waals surface area contributed by atoms with Gasteiger partial charge in [-0.3, -0.25) is 0 Å². The first kappa shape index (κ1) is 12.0. The van der Waals surface area contributed by atoms with Gasteiger partial charge < -0.3 is 20.5 Å². The minimum atomic E-state index is 0.551. The first-order valence-corrected chi connectivity index (χ1v) is 6.50. The Kier molecular flexibility index (Phi) is 3.33. The summed E-state index contributed by atoms with van der Waals surface area (Å²) in [7, 11) is 2.01. The molecule has 0 aromatic carbocycles. The van der Waals surface area contributed by atoms with E-state index in [4.69, 9.17) is 0 Å². The lowest BCUT2D eigenvalue weighted by Gasteiger charge is -2.17. The topological polar surface area (TPSA) is 68.9 Å². The zero-order chi connectivity index (χ0) is 13.1. The molecule has 3 heterocycles. The fourth-order valence-electron chi connectivity index (χ4n) is 2.34. The van der Waals surface area contributed by atoms with Crippen LogP contribution in [0, 0.1) is 0 Å². The van der Waals surface area contributed by atoms with Crippen LogP contribution in [0.1, 0.15) is 6.42 Å². The monoisotopic (exact) mass is 258 g/mol. The highest BCUT2D eigenvalue weighted by molar-refractivity contribution is 5.56. The number of aromatic nitrogens is 3. The first-order valence-electron chi connectivity index (χ1n) is 6.50. The SMILES string of the molecule is CNC1CCN(c2cc(Nc3ccc[nH]3)ncn2)C1. The second-order valence-electron chi connectivity index (χ2n) is 4.69. The molecule has 1 aliphatic rings. The average molecular weight is 258 g/mol. The number of rotatable bonds is 4. The van der Waals surface area contributed by atoms with E-state index in [9.17, 15) is 0 Å². The van der Waals surface area contributed by atoms with Gasteiger partial charge >= 0.3 is 0 Å². The Hall–Kier alpha value is -2.08. The maximum atomic E-state index is 4.36. The predicted molar refractivity (Wildman–Crippen MR) is 75.8 cm³/mol. The lowest BCUT2D eigenvalue weighted by atomic mass is 10.3. The molecule has 6 heteroatoms. The molecule has 0 spiro atoms. The lowest BCUT2D eigenvalue weighted by Crippen LogP contribution is -2.29. The Labute approximate surface area is 112 Å². The summed E-state index contributed by atoms with van der Waals surface area (Å²) in [6, 6.07) is 6.45. The van der Waals surface area contributed by atoms with Crippen molar-refractivity contribution in [1.82, 2.24) is 20.3 Å². The van der Waals surface area contributed by atoms with Crippen molar-refractivity contribution in [3.63, 3.8) is 0 Å². The van der Waals surface area contributed by atoms with Crippen LogP contribution in [-0.4, -0.2) is 41.1 Å². The van der Waals surface area contributed by atoms with Gasteiger partial charge in [0.05, 0.1) is 0 Å². The summed E-state index contributed by atoms with van der Waals surface area (Å²) in [5, 5.41) is 6.53. The highest BCUT2D eigenvalue weighted by atomic mass is 15.2. The van der Waals surface area contributed by atoms with Gasteiger partial charge in [0.15, 0.2) is 0 Å². The van der Waals surface area contributed by atoms with Crippen LogP contribution < -0.4 is 15.5 Å². The lowest BCUT2D eigenvalue weighted by molar-refractivity contribution is 0.616. The zero-order valence-corrected chi connectivity index (χ0v) is 10.9. The molecule has 6 nitrogen and oxygen atoms in total. The van der Waals surface area contributed by atoms with Gasteiger partial charge in [0.2, 0.25) is 0 Å². The van der Waals surface area contributed by atoms with Gasteiger partial charge in [0.1, 0.15) is 23.8 Å². The molecular formula is C13H18N6. The summed E-state index contributed by atoms with van der Waals surface area (Å²) in [5.74, 6) is 2.71. The van der Waals surface area contributed by atoms with Crippen molar-refractivity contribution in [3.8, 4) is 0 Å². The fourth-order valence-corrected chi connectivity index (χ4v) is 2.34. The summed E-state index contributed by atoms with van der Waals surface area (Å²) >= 11 is 0. The van der Waals surface area contributed by atoms with Crippen molar-refractivity contribution >= 4 is 17.5 Å². The molecule has 19 heavy (non-hydrogen) atoms. The molecule has 100 valence electrons. The highest BCUT2D eigenvalue weighted by Gasteiger charge is 2.22. The Morgan fingerprint density at radius 3 is 3.11 bits per heavy atom. The number of anilines is 3. The van der Waals surface area contributed by atoms with Gasteiger partial charge in [0, 0.05) is 31.4 Å². The van der Waals surface area contributed by atoms with Crippen LogP contribution in [0.5, 0.6) is 0 Å². The third-order valence-electron chi connectivity index (χ3n) is 3.43. The van der Waals surface area contributed by atoms with E-state index in [2.05, 4.69) is 30.5 Å². The van der Waals surface area contributed by atoms with E-state index in [0.29, 0.717) is 6.04 Å². The maximum absolute atomic E-state index is 4.36. The third kappa shape index (κ3) is 2.68. The van der Waals surface area contributed by atoms with Crippen LogP contribution in [0.25, 0.3) is 0 Å².